The molecule has 26 heavy (non-hydrogen) atoms. The Bertz CT molecular complexity index is 697. The zero-order valence-corrected chi connectivity index (χ0v) is 14.9. The molecular formula is C17H25N5O4. The number of carbonyl (C=O) groups excluding carboxylic acids is 2. The topological polar surface area (TPSA) is 117 Å². The maximum atomic E-state index is 12.7. The molecule has 0 spiro atoms. The zero-order valence-electron chi connectivity index (χ0n) is 14.9. The fourth-order valence-corrected chi connectivity index (χ4v) is 3.62. The predicted octanol–water partition coefficient (Wildman–Crippen LogP) is -0.312. The van der Waals surface area contributed by atoms with Crippen molar-refractivity contribution in [1.29, 1.82) is 0 Å². The summed E-state index contributed by atoms with van der Waals surface area (Å²) in [4.78, 5) is 38.5. The Balaban J connectivity index is 1.67. The third-order valence-electron chi connectivity index (χ3n) is 5.41. The third-order valence-corrected chi connectivity index (χ3v) is 5.41. The number of fused-ring (bicyclic) bond motifs is 1. The molecule has 1 aromatic rings. The first kappa shape index (κ1) is 18.4. The van der Waals surface area contributed by atoms with Gasteiger partial charge < -0.3 is 20.6 Å². The molecule has 142 valence electrons. The number of nitrogens with zero attached hydrogens (tertiary/aromatic N) is 3. The van der Waals surface area contributed by atoms with E-state index in [0.717, 1.165) is 37.3 Å². The molecule has 2 aliphatic heterocycles. The summed E-state index contributed by atoms with van der Waals surface area (Å²) >= 11 is 0. The van der Waals surface area contributed by atoms with Crippen LogP contribution in [0, 0.1) is 5.92 Å². The van der Waals surface area contributed by atoms with Crippen molar-refractivity contribution in [3.8, 4) is 0 Å². The number of carbonyl (C=O) groups is 3. The molecule has 3 heterocycles. The van der Waals surface area contributed by atoms with Crippen molar-refractivity contribution in [3.63, 3.8) is 0 Å². The van der Waals surface area contributed by atoms with Crippen LogP contribution in [-0.2, 0) is 16.1 Å². The number of rotatable bonds is 6. The van der Waals surface area contributed by atoms with Gasteiger partial charge in [0.2, 0.25) is 5.54 Å². The van der Waals surface area contributed by atoms with Crippen LogP contribution in [-0.4, -0.2) is 69.3 Å². The summed E-state index contributed by atoms with van der Waals surface area (Å²) in [6, 6.07) is 1.53. The van der Waals surface area contributed by atoms with Gasteiger partial charge in [-0.25, -0.2) is 4.79 Å². The van der Waals surface area contributed by atoms with E-state index in [1.54, 1.807) is 0 Å². The second-order valence-electron chi connectivity index (χ2n) is 7.01. The summed E-state index contributed by atoms with van der Waals surface area (Å²) in [6.45, 7) is 4.13. The maximum absolute atomic E-state index is 12.7. The number of carboxylic acid groups (broad SMARTS) is 1. The van der Waals surface area contributed by atoms with E-state index in [9.17, 15) is 19.5 Å². The molecule has 3 rings (SSSR count). The average Bonchev–Trinajstić information content (AvgIpc) is 3.11. The van der Waals surface area contributed by atoms with E-state index in [0.29, 0.717) is 24.7 Å². The van der Waals surface area contributed by atoms with E-state index < -0.39 is 23.3 Å². The Morgan fingerprint density at radius 1 is 1.38 bits per heavy atom. The van der Waals surface area contributed by atoms with Gasteiger partial charge in [-0.1, -0.05) is 0 Å². The largest absolute Gasteiger partial charge is 0.479 e. The monoisotopic (exact) mass is 363 g/mol. The van der Waals surface area contributed by atoms with Crippen LogP contribution in [0.4, 0.5) is 0 Å². The smallest absolute Gasteiger partial charge is 0.339 e. The molecule has 0 aliphatic carbocycles. The molecule has 1 atom stereocenters. The number of amides is 2. The molecule has 2 amide bonds. The summed E-state index contributed by atoms with van der Waals surface area (Å²) < 4.78 is 1.52. The Morgan fingerprint density at radius 3 is 2.81 bits per heavy atom. The summed E-state index contributed by atoms with van der Waals surface area (Å²) in [5.41, 5.74) is -1.65. The summed E-state index contributed by atoms with van der Waals surface area (Å²) in [5, 5.41) is 19.8. The van der Waals surface area contributed by atoms with E-state index in [4.69, 9.17) is 0 Å². The molecular weight excluding hydrogens is 338 g/mol. The quantitative estimate of drug-likeness (QED) is 0.597. The van der Waals surface area contributed by atoms with E-state index in [1.807, 2.05) is 0 Å². The molecule has 9 heteroatoms. The molecule has 0 aromatic carbocycles. The number of nitrogens with one attached hydrogen (secondary N) is 2. The van der Waals surface area contributed by atoms with Gasteiger partial charge in [-0.2, -0.15) is 5.10 Å². The molecule has 1 fully saturated rings. The van der Waals surface area contributed by atoms with Crippen LogP contribution in [0.1, 0.15) is 36.7 Å². The van der Waals surface area contributed by atoms with Crippen molar-refractivity contribution in [2.75, 3.05) is 26.2 Å². The predicted molar refractivity (Wildman–Crippen MR) is 92.5 cm³/mol. The van der Waals surface area contributed by atoms with Crippen molar-refractivity contribution in [2.45, 2.75) is 38.3 Å². The van der Waals surface area contributed by atoms with Gasteiger partial charge in [0.25, 0.3) is 11.8 Å². The lowest BCUT2D eigenvalue weighted by Gasteiger charge is -2.38. The highest BCUT2D eigenvalue weighted by Crippen LogP contribution is 2.23. The number of piperidine rings is 1. The molecule has 1 aromatic heterocycles. The molecule has 9 nitrogen and oxygen atoms in total. The lowest BCUT2D eigenvalue weighted by atomic mass is 9.94. The van der Waals surface area contributed by atoms with Crippen molar-refractivity contribution < 1.29 is 19.5 Å². The van der Waals surface area contributed by atoms with Crippen molar-refractivity contribution in [2.24, 2.45) is 5.92 Å². The second kappa shape index (κ2) is 7.45. The molecule has 1 unspecified atom stereocenters. The van der Waals surface area contributed by atoms with Crippen LogP contribution in [0.5, 0.6) is 0 Å². The normalized spacial score (nSPS) is 20.3. The summed E-state index contributed by atoms with van der Waals surface area (Å²) in [5.74, 6) is -1.95. The molecule has 3 N–H and O–H groups in total. The number of aromatic nitrogens is 2. The summed E-state index contributed by atoms with van der Waals surface area (Å²) in [7, 11) is 0. The molecule has 2 aliphatic rings. The summed E-state index contributed by atoms with van der Waals surface area (Å²) in [6.07, 6.45) is 4.42. The highest BCUT2D eigenvalue weighted by atomic mass is 16.4. The van der Waals surface area contributed by atoms with Gasteiger partial charge in [-0.05, 0) is 51.3 Å². The molecule has 0 saturated carbocycles. The van der Waals surface area contributed by atoms with Gasteiger partial charge >= 0.3 is 5.97 Å². The first-order valence-electron chi connectivity index (χ1n) is 9.00. The van der Waals surface area contributed by atoms with Gasteiger partial charge in [0.1, 0.15) is 5.69 Å². The minimum Gasteiger partial charge on any atom is -0.479 e. The van der Waals surface area contributed by atoms with Crippen LogP contribution < -0.4 is 10.6 Å². The van der Waals surface area contributed by atoms with Crippen molar-refractivity contribution in [3.05, 3.63) is 18.0 Å². The maximum Gasteiger partial charge on any atom is 0.339 e. The van der Waals surface area contributed by atoms with Crippen LogP contribution >= 0.6 is 0 Å². The SMILES string of the molecule is CC(C(=O)O)(C(=O)NCCC1CCNCC1)N1CCn2nccc2C1=O. The first-order chi connectivity index (χ1) is 12.4. The van der Waals surface area contributed by atoms with E-state index >= 15 is 0 Å². The standard InChI is InChI=1S/C17H25N5O4/c1-17(16(25)26,15(24)19-8-4-12-2-6-18-7-3-12)21-10-11-22-13(14(21)23)5-9-20-22/h5,9,12,18H,2-4,6-8,10-11H2,1H3,(H,19,24)(H,25,26). The van der Waals surface area contributed by atoms with Crippen molar-refractivity contribution in [1.82, 2.24) is 25.3 Å². The Morgan fingerprint density at radius 2 is 2.12 bits per heavy atom. The Hall–Kier alpha value is -2.42. The third kappa shape index (κ3) is 3.31. The molecule has 0 bridgehead atoms. The number of hydrogen-bond acceptors (Lipinski definition) is 5. The average molecular weight is 363 g/mol. The van der Waals surface area contributed by atoms with Gasteiger partial charge in [-0.3, -0.25) is 14.3 Å². The van der Waals surface area contributed by atoms with Gasteiger partial charge in [0, 0.05) is 19.3 Å². The van der Waals surface area contributed by atoms with Crippen molar-refractivity contribution >= 4 is 17.8 Å². The number of aliphatic carboxylic acids is 1. The highest BCUT2D eigenvalue weighted by molar-refractivity contribution is 6.10. The van der Waals surface area contributed by atoms with Gasteiger partial charge in [-0.15, -0.1) is 0 Å². The van der Waals surface area contributed by atoms with Crippen LogP contribution in [0.3, 0.4) is 0 Å². The van der Waals surface area contributed by atoms with Crippen LogP contribution in [0.15, 0.2) is 12.3 Å². The fourth-order valence-electron chi connectivity index (χ4n) is 3.62. The van der Waals surface area contributed by atoms with Gasteiger partial charge in [0.05, 0.1) is 6.54 Å². The fraction of sp³-hybridized carbons (Fsp3) is 0.647. The van der Waals surface area contributed by atoms with Crippen LogP contribution in [0.25, 0.3) is 0 Å². The Kier molecular flexibility index (Phi) is 5.26. The second-order valence-corrected chi connectivity index (χ2v) is 7.01. The van der Waals surface area contributed by atoms with E-state index in [2.05, 4.69) is 15.7 Å². The zero-order chi connectivity index (χ0) is 18.7. The molecule has 1 saturated heterocycles. The lowest BCUT2D eigenvalue weighted by molar-refractivity contribution is -0.156. The minimum absolute atomic E-state index is 0.123. The van der Waals surface area contributed by atoms with E-state index in [-0.39, 0.29) is 6.54 Å². The van der Waals surface area contributed by atoms with Crippen LogP contribution in [0.2, 0.25) is 0 Å². The minimum atomic E-state index is -1.94. The molecule has 0 radical (unpaired) electrons. The lowest BCUT2D eigenvalue weighted by Crippen LogP contribution is -2.65. The van der Waals surface area contributed by atoms with E-state index in [1.165, 1.54) is 23.9 Å². The Labute approximate surface area is 151 Å². The van der Waals surface area contributed by atoms with Gasteiger partial charge in [0.15, 0.2) is 0 Å². The first-order valence-corrected chi connectivity index (χ1v) is 9.00. The number of carboxylic acids is 1. The number of hydrogen-bond donors (Lipinski definition) is 3. The highest BCUT2D eigenvalue weighted by Gasteiger charge is 2.50.